The van der Waals surface area contributed by atoms with E-state index in [1.165, 1.54) is 6.07 Å². The molecule has 0 spiro atoms. The fraction of sp³-hybridized carbons (Fsp3) is 0.429. The van der Waals surface area contributed by atoms with Crippen molar-refractivity contribution in [1.82, 2.24) is 14.5 Å². The zero-order valence-corrected chi connectivity index (χ0v) is 17.7. The van der Waals surface area contributed by atoms with Crippen LogP contribution in [0.15, 0.2) is 34.6 Å². The summed E-state index contributed by atoms with van der Waals surface area (Å²) in [6.07, 6.45) is 1.58. The van der Waals surface area contributed by atoms with Crippen LogP contribution in [0, 0.1) is 23.1 Å². The van der Waals surface area contributed by atoms with Gasteiger partial charge < -0.3 is 4.57 Å². The van der Waals surface area contributed by atoms with Gasteiger partial charge >= 0.3 is 0 Å². The van der Waals surface area contributed by atoms with Crippen LogP contribution in [0.1, 0.15) is 39.0 Å². The van der Waals surface area contributed by atoms with Gasteiger partial charge in [0.25, 0.3) is 0 Å². The van der Waals surface area contributed by atoms with Crippen LogP contribution in [0.2, 0.25) is 0 Å². The maximum absolute atomic E-state index is 15.0. The van der Waals surface area contributed by atoms with Crippen LogP contribution in [0.25, 0.3) is 11.3 Å². The molecular weight excluding hydrogens is 373 g/mol. The van der Waals surface area contributed by atoms with Crippen LogP contribution >= 0.6 is 11.8 Å². The van der Waals surface area contributed by atoms with Gasteiger partial charge in [0.05, 0.1) is 11.4 Å². The number of allylic oxidation sites excluding steroid dienone is 1. The quantitative estimate of drug-likeness (QED) is 0.578. The lowest BCUT2D eigenvalue weighted by Gasteiger charge is -2.26. The Morgan fingerprint density at radius 3 is 2.79 bits per heavy atom. The second kappa shape index (κ2) is 7.51. The molecule has 0 fully saturated rings. The van der Waals surface area contributed by atoms with Crippen molar-refractivity contribution in [2.75, 3.05) is 12.8 Å². The zero-order chi connectivity index (χ0) is 20.6. The van der Waals surface area contributed by atoms with Crippen LogP contribution in [0.4, 0.5) is 4.39 Å². The molecule has 5 nitrogen and oxygen atoms in total. The van der Waals surface area contributed by atoms with E-state index < -0.39 is 11.2 Å². The second-order valence-corrected chi connectivity index (χ2v) is 8.75. The van der Waals surface area contributed by atoms with Crippen molar-refractivity contribution in [3.63, 3.8) is 0 Å². The fourth-order valence-electron chi connectivity index (χ4n) is 3.17. The number of fused-ring (bicyclic) bond motifs is 1. The van der Waals surface area contributed by atoms with Crippen molar-refractivity contribution < 1.29 is 4.39 Å². The predicted molar refractivity (Wildman–Crippen MR) is 109 cm³/mol. The first-order chi connectivity index (χ1) is 13.2. The molecule has 1 aliphatic heterocycles. The third-order valence-corrected chi connectivity index (χ3v) is 6.55. The average Bonchev–Trinajstić information content (AvgIpc) is 2.65. The molecule has 0 amide bonds. The molecule has 0 unspecified atom stereocenters. The number of nitriles is 1. The zero-order valence-electron chi connectivity index (χ0n) is 16.9. The Morgan fingerprint density at radius 2 is 2.21 bits per heavy atom. The predicted octanol–water partition coefficient (Wildman–Crippen LogP) is 4.08. The Balaban J connectivity index is 2.22. The van der Waals surface area contributed by atoms with Gasteiger partial charge in [-0.15, -0.1) is 0 Å². The molecule has 146 valence electrons. The molecule has 1 aliphatic rings. The minimum absolute atomic E-state index is 0.332. The highest BCUT2D eigenvalue weighted by Gasteiger charge is 2.28. The van der Waals surface area contributed by atoms with Crippen molar-refractivity contribution in [3.8, 4) is 17.3 Å². The fourth-order valence-corrected chi connectivity index (χ4v) is 4.18. The van der Waals surface area contributed by atoms with E-state index in [1.807, 2.05) is 25.3 Å². The molecule has 2 aromatic rings. The highest BCUT2D eigenvalue weighted by molar-refractivity contribution is 7.99. The van der Waals surface area contributed by atoms with Gasteiger partial charge in [-0.25, -0.2) is 9.37 Å². The molecule has 0 aromatic carbocycles. The van der Waals surface area contributed by atoms with E-state index in [2.05, 4.69) is 34.5 Å². The summed E-state index contributed by atoms with van der Waals surface area (Å²) < 4.78 is 16.9. The number of aromatic nitrogens is 3. The van der Waals surface area contributed by atoms with E-state index >= 15 is 0 Å². The second-order valence-electron chi connectivity index (χ2n) is 7.76. The van der Waals surface area contributed by atoms with E-state index in [4.69, 9.17) is 0 Å². The van der Waals surface area contributed by atoms with Gasteiger partial charge in [-0.1, -0.05) is 44.7 Å². The summed E-state index contributed by atoms with van der Waals surface area (Å²) in [5, 5.41) is 10.6. The summed E-state index contributed by atoms with van der Waals surface area (Å²) in [4.78, 5) is 13.4. The van der Waals surface area contributed by atoms with E-state index in [0.29, 0.717) is 33.9 Å². The van der Waals surface area contributed by atoms with Crippen LogP contribution in [0.5, 0.6) is 0 Å². The van der Waals surface area contributed by atoms with E-state index in [-0.39, 0.29) is 0 Å². The summed E-state index contributed by atoms with van der Waals surface area (Å²) >= 11 is 1.63. The maximum Gasteiger partial charge on any atom is 0.170 e. The largest absolute Gasteiger partial charge is 0.304 e. The van der Waals surface area contributed by atoms with Crippen LogP contribution in [-0.4, -0.2) is 27.3 Å². The van der Waals surface area contributed by atoms with Crippen LogP contribution in [-0.2, 0) is 12.0 Å². The normalized spacial score (nSPS) is 17.2. The molecule has 0 saturated heterocycles. The molecule has 0 saturated carbocycles. The lowest BCUT2D eigenvalue weighted by molar-refractivity contribution is 0.454. The molecule has 7 heteroatoms. The molecule has 0 radical (unpaired) electrons. The monoisotopic (exact) mass is 397 g/mol. The van der Waals surface area contributed by atoms with Gasteiger partial charge in [0, 0.05) is 36.5 Å². The summed E-state index contributed by atoms with van der Waals surface area (Å²) in [6.45, 7) is 12.5. The smallest absolute Gasteiger partial charge is 0.170 e. The third-order valence-electron chi connectivity index (χ3n) is 5.24. The average molecular weight is 398 g/mol. The van der Waals surface area contributed by atoms with Gasteiger partial charge in [-0.2, -0.15) is 5.26 Å². The molecule has 0 N–H and O–H groups in total. The SMILES string of the molecule is C=C(C)C(C)(C)c1ncc(-c2nc3n(/c(=N/C)c2C#N)C[C@H](C)CS3)cc1F. The number of hydrogen-bond acceptors (Lipinski definition) is 5. The van der Waals surface area contributed by atoms with E-state index in [9.17, 15) is 9.65 Å². The molecule has 2 aromatic heterocycles. The first-order valence-corrected chi connectivity index (χ1v) is 10.1. The Hall–Kier alpha value is -2.46. The van der Waals surface area contributed by atoms with Gasteiger partial charge in [0.1, 0.15) is 22.9 Å². The lowest BCUT2D eigenvalue weighted by atomic mass is 9.82. The number of thioether (sulfide) groups is 1. The molecule has 3 heterocycles. The Morgan fingerprint density at radius 1 is 1.50 bits per heavy atom. The van der Waals surface area contributed by atoms with Crippen molar-refractivity contribution in [2.24, 2.45) is 10.9 Å². The van der Waals surface area contributed by atoms with Crippen LogP contribution < -0.4 is 5.49 Å². The van der Waals surface area contributed by atoms with Gasteiger partial charge in [-0.05, 0) is 18.9 Å². The number of nitrogens with zero attached hydrogens (tertiary/aromatic N) is 5. The highest BCUT2D eigenvalue weighted by Crippen LogP contribution is 2.33. The maximum atomic E-state index is 15.0. The van der Waals surface area contributed by atoms with E-state index in [0.717, 1.165) is 23.0 Å². The topological polar surface area (TPSA) is 66.9 Å². The van der Waals surface area contributed by atoms with Gasteiger partial charge in [0.15, 0.2) is 5.16 Å². The van der Waals surface area contributed by atoms with E-state index in [1.54, 1.807) is 25.0 Å². The Kier molecular flexibility index (Phi) is 5.44. The highest BCUT2D eigenvalue weighted by atomic mass is 32.2. The number of hydrogen-bond donors (Lipinski definition) is 0. The van der Waals surface area contributed by atoms with Gasteiger partial charge in [-0.3, -0.25) is 9.98 Å². The lowest BCUT2D eigenvalue weighted by Crippen LogP contribution is -2.33. The Bertz CT molecular complexity index is 1060. The summed E-state index contributed by atoms with van der Waals surface area (Å²) in [7, 11) is 1.66. The molecule has 0 bridgehead atoms. The standard InChI is InChI=1S/C21H24FN5S/c1-12(2)21(4,5)18-16(22)7-14(9-25-18)17-15(8-23)19(24-6)27-10-13(3)11-28-20(27)26-17/h7,9,13H,1,10-11H2,2-6H3/b24-19+/t13-/m0/s1. The minimum atomic E-state index is -0.588. The number of rotatable bonds is 3. The van der Waals surface area contributed by atoms with Crippen molar-refractivity contribution >= 4 is 11.8 Å². The minimum Gasteiger partial charge on any atom is -0.304 e. The van der Waals surface area contributed by atoms with Crippen LogP contribution in [0.3, 0.4) is 0 Å². The first kappa shape index (κ1) is 20.3. The summed E-state index contributed by atoms with van der Waals surface area (Å²) in [5.74, 6) is 0.975. The molecule has 28 heavy (non-hydrogen) atoms. The summed E-state index contributed by atoms with van der Waals surface area (Å²) in [5.41, 5.74) is 2.38. The number of pyridine rings is 1. The van der Waals surface area contributed by atoms with Gasteiger partial charge in [0.2, 0.25) is 0 Å². The Labute approximate surface area is 169 Å². The molecule has 1 atom stereocenters. The summed E-state index contributed by atoms with van der Waals surface area (Å²) in [6, 6.07) is 3.62. The van der Waals surface area contributed by atoms with Crippen molar-refractivity contribution in [1.29, 1.82) is 5.26 Å². The van der Waals surface area contributed by atoms with Crippen molar-refractivity contribution in [2.45, 2.75) is 44.8 Å². The van der Waals surface area contributed by atoms with Crippen molar-refractivity contribution in [3.05, 3.63) is 47.0 Å². The molecule has 3 rings (SSSR count). The molecular formula is C21H24FN5S. The molecule has 0 aliphatic carbocycles. The third kappa shape index (κ3) is 3.37. The first-order valence-electron chi connectivity index (χ1n) is 9.13. The number of halogens is 1.